The van der Waals surface area contributed by atoms with E-state index in [1.54, 1.807) is 24.3 Å². The van der Waals surface area contributed by atoms with Gasteiger partial charge in [-0.1, -0.05) is 12.1 Å². The van der Waals surface area contributed by atoms with Gasteiger partial charge in [0.2, 0.25) is 16.1 Å². The molecule has 2 aliphatic heterocycles. The van der Waals surface area contributed by atoms with Crippen LogP contribution in [0.1, 0.15) is 23.2 Å². The summed E-state index contributed by atoms with van der Waals surface area (Å²) in [5.41, 5.74) is 0.640. The zero-order chi connectivity index (χ0) is 22.9. The Morgan fingerprint density at radius 3 is 2.47 bits per heavy atom. The predicted octanol–water partition coefficient (Wildman–Crippen LogP) is 2.06. The van der Waals surface area contributed by atoms with Gasteiger partial charge in [0.15, 0.2) is 0 Å². The largest absolute Gasteiger partial charge is 0.495 e. The van der Waals surface area contributed by atoms with Gasteiger partial charge in [-0.2, -0.15) is 4.31 Å². The summed E-state index contributed by atoms with van der Waals surface area (Å²) in [5.74, 6) is -0.538. The molecule has 0 spiro atoms. The lowest BCUT2D eigenvalue weighted by Crippen LogP contribution is -2.47. The number of ether oxygens (including phenoxy) is 3. The zero-order valence-electron chi connectivity index (χ0n) is 17.8. The Balaban J connectivity index is 1.74. The molecule has 0 aliphatic carbocycles. The molecule has 32 heavy (non-hydrogen) atoms. The number of benzene rings is 2. The van der Waals surface area contributed by atoms with Crippen LogP contribution in [0.2, 0.25) is 0 Å². The standard InChI is InChI=1S/C22H24N2O7S/c1-29-18-10-9-15(13-20(18)32(27,28)23-11-5-6-12-23)21(25)24-14-19(22(26)30-2)31-17-8-4-3-7-16(17)24/h3-4,7-10,13,19H,5-6,11-12,14H2,1-2H3/t19-/m1/s1. The van der Waals surface area contributed by atoms with Crippen molar-refractivity contribution in [2.45, 2.75) is 23.8 Å². The Bertz CT molecular complexity index is 1140. The van der Waals surface area contributed by atoms with Crippen LogP contribution in [-0.2, 0) is 19.6 Å². The molecule has 2 aromatic carbocycles. The van der Waals surface area contributed by atoms with Crippen molar-refractivity contribution in [2.24, 2.45) is 0 Å². The molecule has 10 heteroatoms. The highest BCUT2D eigenvalue weighted by molar-refractivity contribution is 7.89. The van der Waals surface area contributed by atoms with Gasteiger partial charge in [-0.05, 0) is 43.2 Å². The quantitative estimate of drug-likeness (QED) is 0.630. The van der Waals surface area contributed by atoms with Crippen LogP contribution in [0, 0.1) is 0 Å². The second-order valence-corrected chi connectivity index (χ2v) is 9.40. The summed E-state index contributed by atoms with van der Waals surface area (Å²) >= 11 is 0. The minimum Gasteiger partial charge on any atom is -0.495 e. The monoisotopic (exact) mass is 460 g/mol. The summed E-state index contributed by atoms with van der Waals surface area (Å²) in [6.07, 6.45) is 0.587. The summed E-state index contributed by atoms with van der Waals surface area (Å²) in [4.78, 5) is 26.9. The third-order valence-electron chi connectivity index (χ3n) is 5.58. The molecule has 0 unspecified atom stereocenters. The molecule has 0 saturated carbocycles. The highest BCUT2D eigenvalue weighted by atomic mass is 32.2. The molecule has 0 aromatic heterocycles. The Kier molecular flexibility index (Phi) is 6.07. The first-order valence-electron chi connectivity index (χ1n) is 10.2. The van der Waals surface area contributed by atoms with Gasteiger partial charge in [0.05, 0.1) is 26.5 Å². The van der Waals surface area contributed by atoms with E-state index in [1.807, 2.05) is 0 Å². The number of sulfonamides is 1. The first kappa shape index (κ1) is 22.1. The van der Waals surface area contributed by atoms with E-state index in [0.29, 0.717) is 24.5 Å². The molecule has 9 nitrogen and oxygen atoms in total. The molecule has 0 N–H and O–H groups in total. The van der Waals surface area contributed by atoms with Crippen LogP contribution >= 0.6 is 0 Å². The summed E-state index contributed by atoms with van der Waals surface area (Å²) in [6, 6.07) is 11.2. The maximum absolute atomic E-state index is 13.5. The first-order valence-corrected chi connectivity index (χ1v) is 11.6. The maximum atomic E-state index is 13.5. The molecular weight excluding hydrogens is 436 g/mol. The predicted molar refractivity (Wildman–Crippen MR) is 116 cm³/mol. The van der Waals surface area contributed by atoms with Gasteiger partial charge < -0.3 is 19.1 Å². The number of hydrogen-bond donors (Lipinski definition) is 0. The van der Waals surface area contributed by atoms with Crippen molar-refractivity contribution in [3.63, 3.8) is 0 Å². The number of carbonyl (C=O) groups excluding carboxylic acids is 2. The number of anilines is 1. The van der Waals surface area contributed by atoms with Gasteiger partial charge in [0.1, 0.15) is 16.4 Å². The minimum atomic E-state index is -3.82. The van der Waals surface area contributed by atoms with Gasteiger partial charge >= 0.3 is 5.97 Å². The van der Waals surface area contributed by atoms with E-state index in [2.05, 4.69) is 0 Å². The van der Waals surface area contributed by atoms with Crippen molar-refractivity contribution >= 4 is 27.6 Å². The van der Waals surface area contributed by atoms with E-state index in [9.17, 15) is 18.0 Å². The van der Waals surface area contributed by atoms with E-state index in [4.69, 9.17) is 14.2 Å². The number of rotatable bonds is 5. The molecule has 4 rings (SSSR count). The van der Waals surface area contributed by atoms with Crippen LogP contribution in [0.3, 0.4) is 0 Å². The molecule has 2 heterocycles. The number of fused-ring (bicyclic) bond motifs is 1. The van der Waals surface area contributed by atoms with Gasteiger partial charge in [-0.15, -0.1) is 0 Å². The molecule has 0 radical (unpaired) electrons. The van der Waals surface area contributed by atoms with Crippen LogP contribution < -0.4 is 14.4 Å². The molecule has 1 atom stereocenters. The second kappa shape index (κ2) is 8.79. The Hall–Kier alpha value is -3.11. The molecule has 2 aliphatic rings. The lowest BCUT2D eigenvalue weighted by Gasteiger charge is -2.33. The highest BCUT2D eigenvalue weighted by Crippen LogP contribution is 2.36. The van der Waals surface area contributed by atoms with Crippen LogP contribution in [0.15, 0.2) is 47.4 Å². The topological polar surface area (TPSA) is 102 Å². The Labute approximate surface area is 186 Å². The maximum Gasteiger partial charge on any atom is 0.348 e. The third kappa shape index (κ3) is 3.91. The average molecular weight is 461 g/mol. The summed E-state index contributed by atoms with van der Waals surface area (Å²) in [6.45, 7) is 0.797. The van der Waals surface area contributed by atoms with Crippen molar-refractivity contribution in [2.75, 3.05) is 38.8 Å². The van der Waals surface area contributed by atoms with Crippen LogP contribution in [0.5, 0.6) is 11.5 Å². The lowest BCUT2D eigenvalue weighted by molar-refractivity contribution is -0.148. The summed E-state index contributed by atoms with van der Waals surface area (Å²) in [7, 11) is -1.18. The lowest BCUT2D eigenvalue weighted by atomic mass is 10.1. The molecule has 1 amide bonds. The fourth-order valence-corrected chi connectivity index (χ4v) is 5.61. The van der Waals surface area contributed by atoms with Crippen LogP contribution in [-0.4, -0.2) is 64.6 Å². The van der Waals surface area contributed by atoms with Crippen LogP contribution in [0.4, 0.5) is 5.69 Å². The van der Waals surface area contributed by atoms with Gasteiger partial charge in [0, 0.05) is 18.7 Å². The number of hydrogen-bond acceptors (Lipinski definition) is 7. The average Bonchev–Trinajstić information content (AvgIpc) is 3.38. The number of carbonyl (C=O) groups is 2. The first-order chi connectivity index (χ1) is 15.4. The fourth-order valence-electron chi connectivity index (χ4n) is 3.92. The number of amides is 1. The Morgan fingerprint density at radius 2 is 1.78 bits per heavy atom. The third-order valence-corrected chi connectivity index (χ3v) is 7.50. The van der Waals surface area contributed by atoms with E-state index >= 15 is 0 Å². The SMILES string of the molecule is COC(=O)[C@H]1CN(C(=O)c2ccc(OC)c(S(=O)(=O)N3CCCC3)c2)c2ccccc2O1. The van der Waals surface area contributed by atoms with Crippen molar-refractivity contribution in [3.05, 3.63) is 48.0 Å². The van der Waals surface area contributed by atoms with Crippen molar-refractivity contribution < 1.29 is 32.2 Å². The Morgan fingerprint density at radius 1 is 1.06 bits per heavy atom. The van der Waals surface area contributed by atoms with Gasteiger partial charge in [-0.3, -0.25) is 4.79 Å². The molecule has 1 saturated heterocycles. The summed E-state index contributed by atoms with van der Waals surface area (Å²) in [5, 5.41) is 0. The van der Waals surface area contributed by atoms with E-state index < -0.39 is 28.0 Å². The van der Waals surface area contributed by atoms with Crippen molar-refractivity contribution in [1.82, 2.24) is 4.31 Å². The number of esters is 1. The number of para-hydroxylation sites is 2. The normalized spacial score (nSPS) is 18.6. The molecule has 1 fully saturated rings. The van der Waals surface area contributed by atoms with Gasteiger partial charge in [0.25, 0.3) is 5.91 Å². The zero-order valence-corrected chi connectivity index (χ0v) is 18.6. The summed E-state index contributed by atoms with van der Waals surface area (Å²) < 4.78 is 43.5. The van der Waals surface area contributed by atoms with Crippen LogP contribution in [0.25, 0.3) is 0 Å². The van der Waals surface area contributed by atoms with Crippen molar-refractivity contribution in [1.29, 1.82) is 0 Å². The number of methoxy groups -OCH3 is 2. The number of nitrogens with zero attached hydrogens (tertiary/aromatic N) is 2. The van der Waals surface area contributed by atoms with E-state index in [-0.39, 0.29) is 22.8 Å². The second-order valence-electron chi connectivity index (χ2n) is 7.49. The van der Waals surface area contributed by atoms with Gasteiger partial charge in [-0.25, -0.2) is 13.2 Å². The van der Waals surface area contributed by atoms with E-state index in [1.165, 1.54) is 41.6 Å². The fraction of sp³-hybridized carbons (Fsp3) is 0.364. The highest BCUT2D eigenvalue weighted by Gasteiger charge is 2.36. The molecular formula is C22H24N2O7S. The van der Waals surface area contributed by atoms with E-state index in [0.717, 1.165) is 12.8 Å². The minimum absolute atomic E-state index is 0.0567. The smallest absolute Gasteiger partial charge is 0.348 e. The molecule has 0 bridgehead atoms. The van der Waals surface area contributed by atoms with Crippen molar-refractivity contribution in [3.8, 4) is 11.5 Å². The molecule has 2 aromatic rings. The molecule has 170 valence electrons.